The Morgan fingerprint density at radius 3 is 2.53 bits per heavy atom. The van der Waals surface area contributed by atoms with Gasteiger partial charge in [0.25, 0.3) is 0 Å². The Labute approximate surface area is 102 Å². The van der Waals surface area contributed by atoms with Gasteiger partial charge in [-0.25, -0.2) is 0 Å². The second-order valence-corrected chi connectivity index (χ2v) is 4.91. The minimum atomic E-state index is -0.475. The summed E-state index contributed by atoms with van der Waals surface area (Å²) in [5.74, 6) is 0.0299. The Morgan fingerprint density at radius 2 is 2.00 bits per heavy atom. The molecule has 4 nitrogen and oxygen atoms in total. The van der Waals surface area contributed by atoms with Crippen LogP contribution in [0.2, 0.25) is 0 Å². The lowest BCUT2D eigenvalue weighted by Crippen LogP contribution is -2.26. The SMILES string of the molecule is COc1cncc(C(C)C(=O)OC(C)(C)C)c1. The van der Waals surface area contributed by atoms with E-state index in [1.54, 1.807) is 32.5 Å². The number of carbonyl (C=O) groups excluding carboxylic acids is 1. The lowest BCUT2D eigenvalue weighted by atomic mass is 10.0. The van der Waals surface area contributed by atoms with Crippen molar-refractivity contribution in [3.05, 3.63) is 24.0 Å². The number of rotatable bonds is 3. The van der Waals surface area contributed by atoms with Crippen LogP contribution in [0.1, 0.15) is 39.2 Å². The van der Waals surface area contributed by atoms with Crippen molar-refractivity contribution in [1.82, 2.24) is 4.98 Å². The fraction of sp³-hybridized carbons (Fsp3) is 0.538. The van der Waals surface area contributed by atoms with Gasteiger partial charge in [0.05, 0.1) is 19.2 Å². The molecule has 1 aromatic rings. The van der Waals surface area contributed by atoms with Gasteiger partial charge in [0.2, 0.25) is 0 Å². The van der Waals surface area contributed by atoms with Crippen LogP contribution < -0.4 is 4.74 Å². The summed E-state index contributed by atoms with van der Waals surface area (Å²) in [5.41, 5.74) is 0.316. The summed E-state index contributed by atoms with van der Waals surface area (Å²) in [6, 6.07) is 1.79. The third kappa shape index (κ3) is 4.06. The van der Waals surface area contributed by atoms with Crippen LogP contribution in [-0.2, 0) is 9.53 Å². The second-order valence-electron chi connectivity index (χ2n) is 4.91. The van der Waals surface area contributed by atoms with E-state index in [-0.39, 0.29) is 11.9 Å². The van der Waals surface area contributed by atoms with E-state index >= 15 is 0 Å². The lowest BCUT2D eigenvalue weighted by molar-refractivity contribution is -0.156. The average Bonchev–Trinajstić information content (AvgIpc) is 2.26. The summed E-state index contributed by atoms with van der Waals surface area (Å²) < 4.78 is 10.4. The summed E-state index contributed by atoms with van der Waals surface area (Å²) in [6.07, 6.45) is 3.25. The van der Waals surface area contributed by atoms with Crippen molar-refractivity contribution in [2.75, 3.05) is 7.11 Å². The zero-order valence-electron chi connectivity index (χ0n) is 11.0. The first-order valence-electron chi connectivity index (χ1n) is 5.55. The topological polar surface area (TPSA) is 48.4 Å². The van der Waals surface area contributed by atoms with Crippen LogP contribution in [-0.4, -0.2) is 23.7 Å². The van der Waals surface area contributed by atoms with Gasteiger partial charge in [-0.15, -0.1) is 0 Å². The summed E-state index contributed by atoms with van der Waals surface area (Å²) in [5, 5.41) is 0. The molecule has 0 aliphatic heterocycles. The van der Waals surface area contributed by atoms with Crippen LogP contribution in [0.5, 0.6) is 5.75 Å². The zero-order chi connectivity index (χ0) is 13.1. The molecule has 0 aromatic carbocycles. The lowest BCUT2D eigenvalue weighted by Gasteiger charge is -2.22. The number of carbonyl (C=O) groups is 1. The van der Waals surface area contributed by atoms with E-state index in [4.69, 9.17) is 9.47 Å². The maximum Gasteiger partial charge on any atom is 0.313 e. The predicted octanol–water partition coefficient (Wildman–Crippen LogP) is 2.54. The Bertz CT molecular complexity index is 396. The van der Waals surface area contributed by atoms with Crippen molar-refractivity contribution < 1.29 is 14.3 Å². The molecule has 0 N–H and O–H groups in total. The van der Waals surface area contributed by atoms with Crippen LogP contribution >= 0.6 is 0 Å². The third-order valence-electron chi connectivity index (χ3n) is 2.23. The van der Waals surface area contributed by atoms with E-state index in [0.717, 1.165) is 5.56 Å². The van der Waals surface area contributed by atoms with E-state index in [1.165, 1.54) is 0 Å². The Morgan fingerprint density at radius 1 is 1.35 bits per heavy atom. The van der Waals surface area contributed by atoms with Crippen LogP contribution in [0.15, 0.2) is 18.5 Å². The molecule has 0 saturated heterocycles. The fourth-order valence-electron chi connectivity index (χ4n) is 1.31. The number of pyridine rings is 1. The van der Waals surface area contributed by atoms with Crippen LogP contribution in [0, 0.1) is 0 Å². The molecule has 1 heterocycles. The maximum absolute atomic E-state index is 11.9. The minimum absolute atomic E-state index is 0.257. The minimum Gasteiger partial charge on any atom is -0.495 e. The van der Waals surface area contributed by atoms with Gasteiger partial charge >= 0.3 is 5.97 Å². The van der Waals surface area contributed by atoms with E-state index in [1.807, 2.05) is 20.8 Å². The number of ether oxygens (including phenoxy) is 2. The van der Waals surface area contributed by atoms with E-state index in [0.29, 0.717) is 5.75 Å². The van der Waals surface area contributed by atoms with E-state index in [2.05, 4.69) is 4.98 Å². The monoisotopic (exact) mass is 237 g/mol. The predicted molar refractivity (Wildman–Crippen MR) is 65.0 cm³/mol. The number of esters is 1. The van der Waals surface area contributed by atoms with Gasteiger partial charge in [0.1, 0.15) is 11.4 Å². The van der Waals surface area contributed by atoms with Crippen LogP contribution in [0.25, 0.3) is 0 Å². The first kappa shape index (κ1) is 13.5. The van der Waals surface area contributed by atoms with E-state index < -0.39 is 5.60 Å². The molecule has 0 spiro atoms. The maximum atomic E-state index is 11.9. The number of aromatic nitrogens is 1. The van der Waals surface area contributed by atoms with Crippen molar-refractivity contribution in [2.24, 2.45) is 0 Å². The average molecular weight is 237 g/mol. The van der Waals surface area contributed by atoms with Crippen molar-refractivity contribution in [2.45, 2.75) is 39.2 Å². The Balaban J connectivity index is 2.81. The molecule has 1 atom stereocenters. The molecule has 0 radical (unpaired) electrons. The smallest absolute Gasteiger partial charge is 0.313 e. The zero-order valence-corrected chi connectivity index (χ0v) is 11.0. The highest BCUT2D eigenvalue weighted by Crippen LogP contribution is 2.22. The van der Waals surface area contributed by atoms with Crippen molar-refractivity contribution in [3.63, 3.8) is 0 Å². The van der Waals surface area contributed by atoms with Gasteiger partial charge in [-0.2, -0.15) is 0 Å². The van der Waals surface area contributed by atoms with Gasteiger partial charge in [-0.05, 0) is 39.3 Å². The molecule has 0 amide bonds. The number of methoxy groups -OCH3 is 1. The summed E-state index contributed by atoms with van der Waals surface area (Å²) in [4.78, 5) is 15.9. The fourth-order valence-corrected chi connectivity index (χ4v) is 1.31. The molecule has 1 rings (SSSR count). The second kappa shape index (κ2) is 5.17. The highest BCUT2D eigenvalue weighted by atomic mass is 16.6. The number of nitrogens with zero attached hydrogens (tertiary/aromatic N) is 1. The molecule has 0 aliphatic rings. The van der Waals surface area contributed by atoms with Crippen molar-refractivity contribution in [1.29, 1.82) is 0 Å². The Kier molecular flexibility index (Phi) is 4.10. The number of hydrogen-bond acceptors (Lipinski definition) is 4. The molecule has 1 aromatic heterocycles. The third-order valence-corrected chi connectivity index (χ3v) is 2.23. The molecule has 4 heteroatoms. The molecular formula is C13H19NO3. The van der Waals surface area contributed by atoms with Crippen molar-refractivity contribution in [3.8, 4) is 5.75 Å². The van der Waals surface area contributed by atoms with Crippen molar-refractivity contribution >= 4 is 5.97 Å². The van der Waals surface area contributed by atoms with Gasteiger partial charge in [0, 0.05) is 6.20 Å². The summed E-state index contributed by atoms with van der Waals surface area (Å²) in [6.45, 7) is 7.34. The highest BCUT2D eigenvalue weighted by Gasteiger charge is 2.23. The standard InChI is InChI=1S/C13H19NO3/c1-9(12(15)17-13(2,3)4)10-6-11(16-5)8-14-7-10/h6-9H,1-5H3. The molecule has 0 aliphatic carbocycles. The van der Waals surface area contributed by atoms with Crippen LogP contribution in [0.4, 0.5) is 0 Å². The molecule has 0 bridgehead atoms. The van der Waals surface area contributed by atoms with Gasteiger partial charge in [-0.1, -0.05) is 0 Å². The van der Waals surface area contributed by atoms with Crippen LogP contribution in [0.3, 0.4) is 0 Å². The molecule has 1 unspecified atom stereocenters. The molecule has 0 fully saturated rings. The molecular weight excluding hydrogens is 218 g/mol. The largest absolute Gasteiger partial charge is 0.495 e. The van der Waals surface area contributed by atoms with Gasteiger partial charge in [-0.3, -0.25) is 9.78 Å². The first-order valence-corrected chi connectivity index (χ1v) is 5.55. The normalized spacial score (nSPS) is 13.0. The summed E-state index contributed by atoms with van der Waals surface area (Å²) in [7, 11) is 1.57. The summed E-state index contributed by atoms with van der Waals surface area (Å²) >= 11 is 0. The van der Waals surface area contributed by atoms with Gasteiger partial charge in [0.15, 0.2) is 0 Å². The molecule has 17 heavy (non-hydrogen) atoms. The first-order chi connectivity index (χ1) is 7.83. The molecule has 0 saturated carbocycles. The number of hydrogen-bond donors (Lipinski definition) is 0. The Hall–Kier alpha value is -1.58. The van der Waals surface area contributed by atoms with E-state index in [9.17, 15) is 4.79 Å². The van der Waals surface area contributed by atoms with Gasteiger partial charge < -0.3 is 9.47 Å². The highest BCUT2D eigenvalue weighted by molar-refractivity contribution is 5.78. The molecule has 94 valence electrons. The quantitative estimate of drug-likeness (QED) is 0.758.